The van der Waals surface area contributed by atoms with Crippen LogP contribution in [0.15, 0.2) is 17.5 Å². The van der Waals surface area contributed by atoms with Gasteiger partial charge in [-0.05, 0) is 24.3 Å². The third-order valence-corrected chi connectivity index (χ3v) is 2.55. The van der Waals surface area contributed by atoms with Gasteiger partial charge in [0.15, 0.2) is 0 Å². The van der Waals surface area contributed by atoms with Crippen molar-refractivity contribution in [3.05, 3.63) is 22.4 Å². The molecule has 13 heavy (non-hydrogen) atoms. The molecule has 74 valence electrons. The Morgan fingerprint density at radius 2 is 2.38 bits per heavy atom. The van der Waals surface area contributed by atoms with Crippen LogP contribution in [0.2, 0.25) is 0 Å². The van der Waals surface area contributed by atoms with Crippen LogP contribution in [0.3, 0.4) is 0 Å². The van der Waals surface area contributed by atoms with E-state index in [2.05, 4.69) is 10.8 Å². The minimum absolute atomic E-state index is 0. The predicted octanol–water partition coefficient (Wildman–Crippen LogP) is 2.67. The third-order valence-electron chi connectivity index (χ3n) is 1.61. The molecule has 0 saturated heterocycles. The van der Waals surface area contributed by atoms with Crippen molar-refractivity contribution in [3.8, 4) is 0 Å². The molecule has 0 unspecified atom stereocenters. The summed E-state index contributed by atoms with van der Waals surface area (Å²) in [6.45, 7) is 0. The molecule has 0 atom stereocenters. The van der Waals surface area contributed by atoms with Gasteiger partial charge in [0.05, 0.1) is 7.11 Å². The minimum Gasteiger partial charge on any atom is -0.469 e. The SMILES string of the molecule is COC(=O)CCCc1cccs1.Cl. The Morgan fingerprint density at radius 1 is 1.62 bits per heavy atom. The average molecular weight is 221 g/mol. The molecule has 0 aliphatic carbocycles. The Morgan fingerprint density at radius 3 is 2.92 bits per heavy atom. The van der Waals surface area contributed by atoms with E-state index in [0.717, 1.165) is 12.8 Å². The van der Waals surface area contributed by atoms with Crippen molar-refractivity contribution >= 4 is 29.7 Å². The topological polar surface area (TPSA) is 26.3 Å². The maximum atomic E-state index is 10.7. The Kier molecular flexibility index (Phi) is 6.63. The first-order chi connectivity index (χ1) is 5.83. The van der Waals surface area contributed by atoms with Gasteiger partial charge in [-0.3, -0.25) is 4.79 Å². The summed E-state index contributed by atoms with van der Waals surface area (Å²) in [5.41, 5.74) is 0. The number of aryl methyl sites for hydroxylation is 1. The zero-order valence-corrected chi connectivity index (χ0v) is 9.12. The largest absolute Gasteiger partial charge is 0.469 e. The van der Waals surface area contributed by atoms with Gasteiger partial charge < -0.3 is 4.74 Å². The highest BCUT2D eigenvalue weighted by atomic mass is 35.5. The summed E-state index contributed by atoms with van der Waals surface area (Å²) in [4.78, 5) is 12.1. The zero-order valence-electron chi connectivity index (χ0n) is 7.49. The van der Waals surface area contributed by atoms with Gasteiger partial charge in [0.1, 0.15) is 0 Å². The van der Waals surface area contributed by atoms with Gasteiger partial charge in [0.25, 0.3) is 0 Å². The lowest BCUT2D eigenvalue weighted by Crippen LogP contribution is -1.99. The van der Waals surface area contributed by atoms with Crippen LogP contribution in [0.5, 0.6) is 0 Å². The highest BCUT2D eigenvalue weighted by Crippen LogP contribution is 2.11. The summed E-state index contributed by atoms with van der Waals surface area (Å²) in [6, 6.07) is 4.11. The molecule has 0 N–H and O–H groups in total. The van der Waals surface area contributed by atoms with Crippen molar-refractivity contribution in [1.82, 2.24) is 0 Å². The van der Waals surface area contributed by atoms with Crippen LogP contribution in [0.4, 0.5) is 0 Å². The van der Waals surface area contributed by atoms with Crippen molar-refractivity contribution in [1.29, 1.82) is 0 Å². The number of carbonyl (C=O) groups excluding carboxylic acids is 1. The minimum atomic E-state index is -0.119. The smallest absolute Gasteiger partial charge is 0.305 e. The number of ether oxygens (including phenoxy) is 1. The van der Waals surface area contributed by atoms with Crippen LogP contribution in [0.25, 0.3) is 0 Å². The molecule has 0 aliphatic heterocycles. The standard InChI is InChI=1S/C9H12O2S.ClH/c1-11-9(10)6-2-4-8-5-3-7-12-8;/h3,5,7H,2,4,6H2,1H3;1H. The van der Waals surface area contributed by atoms with E-state index in [0.29, 0.717) is 6.42 Å². The fraction of sp³-hybridized carbons (Fsp3) is 0.444. The summed E-state index contributed by atoms with van der Waals surface area (Å²) in [5.74, 6) is -0.119. The molecule has 1 heterocycles. The molecule has 0 radical (unpaired) electrons. The first-order valence-electron chi connectivity index (χ1n) is 3.92. The molecule has 0 amide bonds. The fourth-order valence-electron chi connectivity index (χ4n) is 0.964. The van der Waals surface area contributed by atoms with Crippen LogP contribution < -0.4 is 0 Å². The summed E-state index contributed by atoms with van der Waals surface area (Å²) in [7, 11) is 1.42. The first kappa shape index (κ1) is 12.5. The van der Waals surface area contributed by atoms with Gasteiger partial charge in [-0.15, -0.1) is 23.7 Å². The molecule has 4 heteroatoms. The van der Waals surface area contributed by atoms with E-state index in [1.54, 1.807) is 11.3 Å². The lowest BCUT2D eigenvalue weighted by Gasteiger charge is -1.96. The van der Waals surface area contributed by atoms with Gasteiger partial charge in [-0.1, -0.05) is 6.07 Å². The van der Waals surface area contributed by atoms with Gasteiger partial charge in [-0.25, -0.2) is 0 Å². The third kappa shape index (κ3) is 4.90. The second-order valence-electron chi connectivity index (χ2n) is 2.51. The van der Waals surface area contributed by atoms with Gasteiger partial charge >= 0.3 is 5.97 Å². The number of thiophene rings is 1. The Labute approximate surface area is 88.3 Å². The van der Waals surface area contributed by atoms with Crippen LogP contribution in [-0.2, 0) is 16.0 Å². The molecule has 0 bridgehead atoms. The van der Waals surface area contributed by atoms with Gasteiger partial charge in [-0.2, -0.15) is 0 Å². The van der Waals surface area contributed by atoms with E-state index in [9.17, 15) is 4.79 Å². The van der Waals surface area contributed by atoms with E-state index >= 15 is 0 Å². The first-order valence-corrected chi connectivity index (χ1v) is 4.80. The van der Waals surface area contributed by atoms with E-state index in [1.165, 1.54) is 12.0 Å². The maximum absolute atomic E-state index is 10.7. The quantitative estimate of drug-likeness (QED) is 0.730. The van der Waals surface area contributed by atoms with Gasteiger partial charge in [0, 0.05) is 11.3 Å². The van der Waals surface area contributed by atoms with E-state index < -0.39 is 0 Å². The zero-order chi connectivity index (χ0) is 8.81. The Bertz CT molecular complexity index is 234. The summed E-state index contributed by atoms with van der Waals surface area (Å²) >= 11 is 1.73. The van der Waals surface area contributed by atoms with Crippen molar-refractivity contribution in [2.45, 2.75) is 19.3 Å². The number of halogens is 1. The van der Waals surface area contributed by atoms with Crippen molar-refractivity contribution in [3.63, 3.8) is 0 Å². The van der Waals surface area contributed by atoms with E-state index in [4.69, 9.17) is 0 Å². The maximum Gasteiger partial charge on any atom is 0.305 e. The molecule has 0 aliphatic rings. The number of hydrogen-bond acceptors (Lipinski definition) is 3. The molecule has 1 rings (SSSR count). The van der Waals surface area contributed by atoms with Crippen LogP contribution in [0, 0.1) is 0 Å². The molecule has 2 nitrogen and oxygen atoms in total. The predicted molar refractivity (Wildman–Crippen MR) is 56.5 cm³/mol. The molecule has 1 aromatic rings. The van der Waals surface area contributed by atoms with Crippen LogP contribution in [0.1, 0.15) is 17.7 Å². The summed E-state index contributed by atoms with van der Waals surface area (Å²) < 4.78 is 4.53. The molecule has 0 fully saturated rings. The fourth-order valence-corrected chi connectivity index (χ4v) is 1.72. The summed E-state index contributed by atoms with van der Waals surface area (Å²) in [5, 5.41) is 2.05. The molecule has 0 saturated carbocycles. The lowest BCUT2D eigenvalue weighted by atomic mass is 10.2. The normalized spacial score (nSPS) is 9.00. The number of methoxy groups -OCH3 is 1. The average Bonchev–Trinajstić information content (AvgIpc) is 2.57. The van der Waals surface area contributed by atoms with E-state index in [-0.39, 0.29) is 18.4 Å². The van der Waals surface area contributed by atoms with Crippen molar-refractivity contribution in [2.24, 2.45) is 0 Å². The monoisotopic (exact) mass is 220 g/mol. The number of hydrogen-bond donors (Lipinski definition) is 0. The molecule has 0 aromatic carbocycles. The molecular formula is C9H13ClO2S. The summed E-state index contributed by atoms with van der Waals surface area (Å²) in [6.07, 6.45) is 2.38. The second-order valence-corrected chi connectivity index (χ2v) is 3.54. The molecular weight excluding hydrogens is 208 g/mol. The lowest BCUT2D eigenvalue weighted by molar-refractivity contribution is -0.140. The second kappa shape index (κ2) is 6.92. The molecule has 0 spiro atoms. The Balaban J connectivity index is 0.00000144. The Hall–Kier alpha value is -0.540. The van der Waals surface area contributed by atoms with Gasteiger partial charge in [0.2, 0.25) is 0 Å². The number of rotatable bonds is 4. The van der Waals surface area contributed by atoms with E-state index in [1.807, 2.05) is 11.4 Å². The highest BCUT2D eigenvalue weighted by Gasteiger charge is 2.00. The van der Waals surface area contributed by atoms with Crippen molar-refractivity contribution < 1.29 is 9.53 Å². The van der Waals surface area contributed by atoms with Crippen LogP contribution >= 0.6 is 23.7 Å². The van der Waals surface area contributed by atoms with Crippen LogP contribution in [-0.4, -0.2) is 13.1 Å². The van der Waals surface area contributed by atoms with Crippen molar-refractivity contribution in [2.75, 3.05) is 7.11 Å². The molecule has 1 aromatic heterocycles. The highest BCUT2D eigenvalue weighted by molar-refractivity contribution is 7.09. The number of esters is 1. The number of carbonyl (C=O) groups is 1.